The van der Waals surface area contributed by atoms with Crippen molar-refractivity contribution in [2.24, 2.45) is 5.92 Å². The van der Waals surface area contributed by atoms with Crippen LogP contribution in [0.15, 0.2) is 24.3 Å². The van der Waals surface area contributed by atoms with E-state index in [4.69, 9.17) is 23.8 Å². The van der Waals surface area contributed by atoms with E-state index in [9.17, 15) is 14.4 Å². The molecule has 0 aliphatic carbocycles. The molecule has 3 rings (SSSR count). The van der Waals surface area contributed by atoms with E-state index in [1.807, 2.05) is 24.3 Å². The van der Waals surface area contributed by atoms with E-state index in [0.717, 1.165) is 5.56 Å². The van der Waals surface area contributed by atoms with Crippen molar-refractivity contribution in [2.75, 3.05) is 27.4 Å². The van der Waals surface area contributed by atoms with Crippen molar-refractivity contribution in [1.82, 2.24) is 9.96 Å². The first-order chi connectivity index (χ1) is 15.6. The van der Waals surface area contributed by atoms with Gasteiger partial charge in [0, 0.05) is 5.92 Å². The van der Waals surface area contributed by atoms with Gasteiger partial charge in [0.1, 0.15) is 29.5 Å². The molecular weight excluding hydrogens is 432 g/mol. The van der Waals surface area contributed by atoms with Gasteiger partial charge in [-0.1, -0.05) is 12.1 Å². The fraction of sp³-hybridized carbons (Fsp3) is 0.609. The van der Waals surface area contributed by atoms with Gasteiger partial charge in [0.15, 0.2) is 0 Å². The summed E-state index contributed by atoms with van der Waals surface area (Å²) in [5.74, 6) is -1.14. The van der Waals surface area contributed by atoms with Crippen LogP contribution in [-0.4, -0.2) is 79.2 Å². The van der Waals surface area contributed by atoms with Gasteiger partial charge in [-0.3, -0.25) is 14.5 Å². The topological polar surface area (TPSA) is 104 Å². The molecule has 2 heterocycles. The van der Waals surface area contributed by atoms with Crippen LogP contribution < -0.4 is 4.74 Å². The highest BCUT2D eigenvalue weighted by molar-refractivity contribution is 5.85. The Kier molecular flexibility index (Phi) is 7.48. The maximum absolute atomic E-state index is 13.0. The molecular formula is C23H32N2O8. The fourth-order valence-corrected chi connectivity index (χ4v) is 4.21. The molecule has 10 heteroatoms. The summed E-state index contributed by atoms with van der Waals surface area (Å²) >= 11 is 0. The number of hydrogen-bond donors (Lipinski definition) is 0. The summed E-state index contributed by atoms with van der Waals surface area (Å²) in [4.78, 5) is 46.0. The molecule has 0 spiro atoms. The lowest BCUT2D eigenvalue weighted by atomic mass is 9.90. The summed E-state index contributed by atoms with van der Waals surface area (Å²) < 4.78 is 21.0. The molecule has 1 aromatic rings. The average molecular weight is 465 g/mol. The van der Waals surface area contributed by atoms with E-state index in [-0.39, 0.29) is 19.7 Å². The van der Waals surface area contributed by atoms with Crippen LogP contribution in [0.25, 0.3) is 0 Å². The molecule has 0 N–H and O–H groups in total. The number of hydroxylamine groups is 2. The van der Waals surface area contributed by atoms with Crippen LogP contribution in [0.1, 0.15) is 33.3 Å². The van der Waals surface area contributed by atoms with Crippen molar-refractivity contribution < 1.29 is 38.2 Å². The number of nitrogens with zero attached hydrogens (tertiary/aromatic N) is 2. The number of benzene rings is 1. The fourth-order valence-electron chi connectivity index (χ4n) is 4.21. The van der Waals surface area contributed by atoms with E-state index in [0.29, 0.717) is 5.75 Å². The molecule has 2 saturated heterocycles. The van der Waals surface area contributed by atoms with E-state index in [1.165, 1.54) is 17.1 Å². The van der Waals surface area contributed by atoms with Gasteiger partial charge < -0.3 is 18.9 Å². The number of ether oxygens (including phenoxy) is 4. The normalized spacial score (nSPS) is 24.8. The Hall–Kier alpha value is -2.85. The first-order valence-corrected chi connectivity index (χ1v) is 10.9. The predicted octanol–water partition coefficient (Wildman–Crippen LogP) is 2.15. The maximum Gasteiger partial charge on any atom is 0.411 e. The number of carbonyl (C=O) groups is 3. The molecule has 0 radical (unpaired) electrons. The Morgan fingerprint density at radius 3 is 2.27 bits per heavy atom. The highest BCUT2D eigenvalue weighted by atomic mass is 16.7. The summed E-state index contributed by atoms with van der Waals surface area (Å²) in [6.45, 7) is 7.45. The second-order valence-corrected chi connectivity index (χ2v) is 8.94. The Balaban J connectivity index is 1.90. The van der Waals surface area contributed by atoms with Crippen LogP contribution in [0.3, 0.4) is 0 Å². The lowest BCUT2D eigenvalue weighted by Crippen LogP contribution is -2.52. The van der Waals surface area contributed by atoms with Crippen molar-refractivity contribution in [3.63, 3.8) is 0 Å². The number of rotatable bonds is 6. The van der Waals surface area contributed by atoms with Crippen molar-refractivity contribution in [3.05, 3.63) is 29.8 Å². The summed E-state index contributed by atoms with van der Waals surface area (Å²) in [6, 6.07) is 5.39. The minimum atomic E-state index is -1.05. The summed E-state index contributed by atoms with van der Waals surface area (Å²) in [6.07, 6.45) is -1.27. The second kappa shape index (κ2) is 9.96. The zero-order chi connectivity index (χ0) is 24.3. The van der Waals surface area contributed by atoms with Crippen LogP contribution in [0.2, 0.25) is 0 Å². The molecule has 1 amide bonds. The number of carbonyl (C=O) groups excluding carboxylic acids is 3. The maximum atomic E-state index is 13.0. The van der Waals surface area contributed by atoms with Crippen LogP contribution in [0.4, 0.5) is 4.79 Å². The average Bonchev–Trinajstić information content (AvgIpc) is 3.28. The van der Waals surface area contributed by atoms with Crippen LogP contribution in [-0.2, 0) is 35.2 Å². The van der Waals surface area contributed by atoms with E-state index in [1.54, 1.807) is 34.8 Å². The number of esters is 2. The van der Waals surface area contributed by atoms with Crippen molar-refractivity contribution in [1.29, 1.82) is 0 Å². The number of fused-ring (bicyclic) bond motifs is 1. The first-order valence-electron chi connectivity index (χ1n) is 10.9. The van der Waals surface area contributed by atoms with Crippen LogP contribution in [0.5, 0.6) is 5.75 Å². The monoisotopic (exact) mass is 464 g/mol. The SMILES string of the molecule is CCOC(=O)C1[C@@H]2C(C(=O)OC)N(C(=O)OC(C)(C)C)C[C@@H]2ON1Cc1ccc(OC)cc1. The lowest BCUT2D eigenvalue weighted by molar-refractivity contribution is -0.188. The highest BCUT2D eigenvalue weighted by Gasteiger charge is 2.61. The number of hydrogen-bond acceptors (Lipinski definition) is 9. The lowest BCUT2D eigenvalue weighted by Gasteiger charge is -2.32. The first kappa shape index (κ1) is 24.8. The molecule has 2 fully saturated rings. The van der Waals surface area contributed by atoms with Gasteiger partial charge in [0.25, 0.3) is 0 Å². The molecule has 4 atom stereocenters. The minimum absolute atomic E-state index is 0.0777. The molecule has 1 aromatic carbocycles. The van der Waals surface area contributed by atoms with Crippen LogP contribution >= 0.6 is 0 Å². The van der Waals surface area contributed by atoms with Crippen LogP contribution in [0, 0.1) is 5.92 Å². The molecule has 0 bridgehead atoms. The smallest absolute Gasteiger partial charge is 0.411 e. The number of likely N-dealkylation sites (tertiary alicyclic amines) is 1. The third-order valence-electron chi connectivity index (χ3n) is 5.55. The van der Waals surface area contributed by atoms with E-state index < -0.39 is 47.7 Å². The van der Waals surface area contributed by atoms with Crippen molar-refractivity contribution >= 4 is 18.0 Å². The van der Waals surface area contributed by atoms with Crippen molar-refractivity contribution in [2.45, 2.75) is 58.0 Å². The zero-order valence-corrected chi connectivity index (χ0v) is 19.9. The van der Waals surface area contributed by atoms with Gasteiger partial charge in [-0.15, -0.1) is 0 Å². The number of amides is 1. The van der Waals surface area contributed by atoms with Gasteiger partial charge >= 0.3 is 18.0 Å². The quantitative estimate of drug-likeness (QED) is 0.463. The summed E-state index contributed by atoms with van der Waals surface area (Å²) in [5.41, 5.74) is 0.126. The Morgan fingerprint density at radius 2 is 1.73 bits per heavy atom. The number of methoxy groups -OCH3 is 2. The Labute approximate surface area is 193 Å². The van der Waals surface area contributed by atoms with Gasteiger partial charge in [-0.25, -0.2) is 9.59 Å². The molecule has 10 nitrogen and oxygen atoms in total. The van der Waals surface area contributed by atoms with E-state index >= 15 is 0 Å². The van der Waals surface area contributed by atoms with E-state index in [2.05, 4.69) is 0 Å². The third kappa shape index (κ3) is 5.39. The second-order valence-electron chi connectivity index (χ2n) is 8.94. The minimum Gasteiger partial charge on any atom is -0.497 e. The molecule has 0 saturated carbocycles. The third-order valence-corrected chi connectivity index (χ3v) is 5.55. The van der Waals surface area contributed by atoms with Gasteiger partial charge in [-0.05, 0) is 45.4 Å². The summed E-state index contributed by atoms with van der Waals surface area (Å²) in [7, 11) is 2.83. The Morgan fingerprint density at radius 1 is 1.06 bits per heavy atom. The zero-order valence-electron chi connectivity index (χ0n) is 19.9. The summed E-state index contributed by atoms with van der Waals surface area (Å²) in [5, 5.41) is 1.53. The largest absolute Gasteiger partial charge is 0.497 e. The molecule has 2 unspecified atom stereocenters. The van der Waals surface area contributed by atoms with Gasteiger partial charge in [0.05, 0.1) is 33.9 Å². The molecule has 182 valence electrons. The molecule has 2 aliphatic rings. The standard InChI is InChI=1S/C23H32N2O8/c1-7-31-21(27)19-17-16(33-25(19)12-14-8-10-15(29-5)11-9-14)13-24(18(17)20(26)30-6)22(28)32-23(2,3)4/h8-11,16-19H,7,12-13H2,1-6H3/t16-,17-,18?,19?/m0/s1. The molecule has 2 aliphatic heterocycles. The molecule has 0 aromatic heterocycles. The van der Waals surface area contributed by atoms with Gasteiger partial charge in [-0.2, -0.15) is 5.06 Å². The van der Waals surface area contributed by atoms with Gasteiger partial charge in [0.2, 0.25) is 0 Å². The predicted molar refractivity (Wildman–Crippen MR) is 116 cm³/mol. The van der Waals surface area contributed by atoms with Crippen molar-refractivity contribution in [3.8, 4) is 5.75 Å². The molecule has 33 heavy (non-hydrogen) atoms. The Bertz CT molecular complexity index is 866. The highest BCUT2D eigenvalue weighted by Crippen LogP contribution is 2.41.